The maximum absolute atomic E-state index is 14.0. The number of carbonyl (C=O) groups is 1. The molecule has 1 N–H and O–H groups in total. The van der Waals surface area contributed by atoms with Crippen LogP contribution in [-0.2, 0) is 12.0 Å². The van der Waals surface area contributed by atoms with Crippen molar-refractivity contribution in [2.45, 2.75) is 69.9 Å². The maximum Gasteiger partial charge on any atom is 0.275 e. The van der Waals surface area contributed by atoms with Gasteiger partial charge in [0.25, 0.3) is 11.8 Å². The minimum absolute atomic E-state index is 0.00150. The summed E-state index contributed by atoms with van der Waals surface area (Å²) in [5.41, 5.74) is 0.0564. The van der Waals surface area contributed by atoms with E-state index in [1.807, 2.05) is 27.0 Å². The number of fused-ring (bicyclic) bond motifs is 1. The van der Waals surface area contributed by atoms with Gasteiger partial charge in [-0.1, -0.05) is 25.9 Å². The van der Waals surface area contributed by atoms with Crippen molar-refractivity contribution in [2.24, 2.45) is 4.99 Å². The van der Waals surface area contributed by atoms with E-state index in [0.29, 0.717) is 36.5 Å². The molecule has 0 bridgehead atoms. The highest BCUT2D eigenvalue weighted by Gasteiger charge is 2.40. The van der Waals surface area contributed by atoms with E-state index < -0.39 is 23.8 Å². The van der Waals surface area contributed by atoms with Crippen LogP contribution < -0.4 is 10.2 Å². The summed E-state index contributed by atoms with van der Waals surface area (Å²) >= 11 is 0. The third kappa shape index (κ3) is 5.32. The lowest BCUT2D eigenvalue weighted by molar-refractivity contribution is 0.0256. The van der Waals surface area contributed by atoms with E-state index in [4.69, 9.17) is 11.1 Å². The predicted octanol–water partition coefficient (Wildman–Crippen LogP) is 2.15. The molecule has 5 rings (SSSR count). The normalized spacial score (nSPS) is 20.2. The van der Waals surface area contributed by atoms with Crippen LogP contribution in [0.3, 0.4) is 0 Å². The van der Waals surface area contributed by atoms with Crippen molar-refractivity contribution in [3.63, 3.8) is 0 Å². The Balaban J connectivity index is 1.34. The Morgan fingerprint density at radius 2 is 2.03 bits per heavy atom. The van der Waals surface area contributed by atoms with Crippen LogP contribution in [0.4, 0.5) is 14.6 Å². The highest BCUT2D eigenvalue weighted by molar-refractivity contribution is 5.93. The van der Waals surface area contributed by atoms with E-state index in [0.717, 1.165) is 6.42 Å². The molecule has 1 amide bonds. The fraction of sp³-hybridized carbons (Fsp3) is 0.583. The first-order valence-corrected chi connectivity index (χ1v) is 12.3. The topological polar surface area (TPSA) is 140 Å². The fourth-order valence-electron chi connectivity index (χ4n) is 4.24. The van der Waals surface area contributed by atoms with E-state index in [9.17, 15) is 13.6 Å². The molecule has 38 heavy (non-hydrogen) atoms. The first kappa shape index (κ1) is 25.6. The molecule has 0 saturated carbocycles. The van der Waals surface area contributed by atoms with E-state index in [-0.39, 0.29) is 42.1 Å². The molecule has 0 aromatic carbocycles. The van der Waals surface area contributed by atoms with Crippen LogP contribution >= 0.6 is 0 Å². The van der Waals surface area contributed by atoms with Gasteiger partial charge in [-0.05, 0) is 18.0 Å². The molecule has 3 aromatic heterocycles. The molecule has 2 aliphatic heterocycles. The number of halogens is 2. The molecule has 1 saturated heterocycles. The number of terminal acetylenes is 1. The number of carbonyl (C=O) groups excluding carboxylic acids is 1. The van der Waals surface area contributed by atoms with Crippen LogP contribution in [0.2, 0.25) is 0 Å². The average molecular weight is 527 g/mol. The highest BCUT2D eigenvalue weighted by Crippen LogP contribution is 2.34. The molecule has 200 valence electrons. The zero-order chi connectivity index (χ0) is 27.1. The van der Waals surface area contributed by atoms with Gasteiger partial charge in [-0.25, -0.2) is 23.4 Å². The molecular weight excluding hydrogens is 498 g/mol. The van der Waals surface area contributed by atoms with E-state index in [1.165, 1.54) is 9.70 Å². The number of amides is 1. The molecule has 14 heteroatoms. The smallest absolute Gasteiger partial charge is 0.275 e. The van der Waals surface area contributed by atoms with Gasteiger partial charge in [0.15, 0.2) is 17.0 Å². The van der Waals surface area contributed by atoms with Gasteiger partial charge in [0.1, 0.15) is 18.1 Å². The third-order valence-corrected chi connectivity index (χ3v) is 6.52. The Labute approximate surface area is 217 Å². The van der Waals surface area contributed by atoms with Crippen LogP contribution in [0, 0.1) is 12.3 Å². The quantitative estimate of drug-likeness (QED) is 0.415. The van der Waals surface area contributed by atoms with E-state index in [1.54, 1.807) is 0 Å². The minimum atomic E-state index is -2.81. The van der Waals surface area contributed by atoms with Gasteiger partial charge < -0.3 is 10.2 Å². The average Bonchev–Trinajstić information content (AvgIpc) is 3.16. The second-order valence-corrected chi connectivity index (χ2v) is 10.7. The highest BCUT2D eigenvalue weighted by atomic mass is 19.3. The van der Waals surface area contributed by atoms with Gasteiger partial charge in [-0.2, -0.15) is 4.80 Å². The number of alkyl halides is 2. The minimum Gasteiger partial charge on any atom is -0.350 e. The summed E-state index contributed by atoms with van der Waals surface area (Å²) in [6.07, 6.45) is 8.89. The lowest BCUT2D eigenvalue weighted by Crippen LogP contribution is -2.30. The summed E-state index contributed by atoms with van der Waals surface area (Å²) in [6, 6.07) is 0. The zero-order valence-electron chi connectivity index (χ0n) is 21.4. The molecule has 1 unspecified atom stereocenters. The molecule has 1 atom stereocenters. The number of rotatable bonds is 9. The Bertz CT molecular complexity index is 1430. The van der Waals surface area contributed by atoms with Crippen molar-refractivity contribution < 1.29 is 18.2 Å². The van der Waals surface area contributed by atoms with Gasteiger partial charge in [0, 0.05) is 37.6 Å². The second-order valence-electron chi connectivity index (χ2n) is 10.7. The van der Waals surface area contributed by atoms with Crippen LogP contribution in [0.15, 0.2) is 9.62 Å². The molecule has 0 aliphatic carbocycles. The monoisotopic (exact) mass is 526 g/mol. The van der Waals surface area contributed by atoms with Crippen LogP contribution in [0.5, 0.6) is 0 Å². The number of nitrogens with zero attached hydrogens (tertiary/aromatic N) is 9. The first-order chi connectivity index (χ1) is 18.0. The molecule has 1 fully saturated rings. The summed E-state index contributed by atoms with van der Waals surface area (Å²) in [6.45, 7) is 5.80. The van der Waals surface area contributed by atoms with Crippen LogP contribution in [-0.4, -0.2) is 78.5 Å². The number of nitrogens with one attached hydrogen (secondary N) is 1. The summed E-state index contributed by atoms with van der Waals surface area (Å²) in [4.78, 5) is 29.0. The van der Waals surface area contributed by atoms with E-state index in [2.05, 4.69) is 46.7 Å². The number of anilines is 1. The van der Waals surface area contributed by atoms with Gasteiger partial charge in [-0.3, -0.25) is 9.79 Å². The van der Waals surface area contributed by atoms with Crippen molar-refractivity contribution in [1.82, 2.24) is 40.6 Å². The lowest BCUT2D eigenvalue weighted by atomic mass is 9.96. The fourth-order valence-corrected chi connectivity index (χ4v) is 4.24. The van der Waals surface area contributed by atoms with Gasteiger partial charge in [0.2, 0.25) is 5.65 Å². The summed E-state index contributed by atoms with van der Waals surface area (Å²) in [5, 5.41) is 19.3. The Hall–Kier alpha value is -4.02. The number of hydrogen-bond acceptors (Lipinski definition) is 10. The molecular formula is C24H28F2N10O2. The van der Waals surface area contributed by atoms with Crippen molar-refractivity contribution in [2.75, 3.05) is 24.5 Å². The largest absolute Gasteiger partial charge is 0.350 e. The molecule has 3 aromatic rings. The summed E-state index contributed by atoms with van der Waals surface area (Å²) in [5.74, 6) is 0.104. The van der Waals surface area contributed by atoms with Gasteiger partial charge in [0.05, 0.1) is 12.1 Å². The predicted molar refractivity (Wildman–Crippen MR) is 133 cm³/mol. The summed E-state index contributed by atoms with van der Waals surface area (Å²) in [7, 11) is 0. The standard InChI is InChI=1S/C24H28F2N10O2/c1-5-6-7-23(13-28-23)8-10-27-20(37)16-15(33-38-34-16)12-36-31-17-18(32-36)29-21(22(2,3)4)30-19(17)35-11-9-24(25,26)14-35/h1,13H,6-12,14H2,2-4H3,(H,27,37). The zero-order valence-corrected chi connectivity index (χ0v) is 21.4. The molecule has 2 aliphatic rings. The molecule has 0 spiro atoms. The number of hydrogen-bond donors (Lipinski definition) is 1. The SMILES string of the molecule is C#CCCC1(CCNC(=O)c2nonc2Cn2nc3nc(C(C)(C)C)nc(N4CCC(F)(F)C4)c3n2)C=N1. The third-order valence-electron chi connectivity index (χ3n) is 6.52. The maximum atomic E-state index is 14.0. The molecule has 5 heterocycles. The van der Waals surface area contributed by atoms with Crippen LogP contribution in [0.1, 0.15) is 68.5 Å². The second kappa shape index (κ2) is 9.38. The molecule has 0 radical (unpaired) electrons. The Kier molecular flexibility index (Phi) is 6.32. The Morgan fingerprint density at radius 1 is 1.24 bits per heavy atom. The van der Waals surface area contributed by atoms with Gasteiger partial charge in [-0.15, -0.1) is 22.5 Å². The van der Waals surface area contributed by atoms with Crippen molar-refractivity contribution in [3.05, 3.63) is 17.2 Å². The lowest BCUT2D eigenvalue weighted by Gasteiger charge is -2.21. The first-order valence-electron chi connectivity index (χ1n) is 12.3. The van der Waals surface area contributed by atoms with Crippen molar-refractivity contribution in [1.29, 1.82) is 0 Å². The van der Waals surface area contributed by atoms with Gasteiger partial charge >= 0.3 is 0 Å². The van der Waals surface area contributed by atoms with Crippen molar-refractivity contribution in [3.8, 4) is 12.3 Å². The van der Waals surface area contributed by atoms with Crippen molar-refractivity contribution >= 4 is 29.1 Å². The van der Waals surface area contributed by atoms with E-state index >= 15 is 0 Å². The number of aliphatic imine (C=N–C) groups is 1. The number of aromatic nitrogens is 7. The molecule has 12 nitrogen and oxygen atoms in total. The Morgan fingerprint density at radius 3 is 2.68 bits per heavy atom. The summed E-state index contributed by atoms with van der Waals surface area (Å²) < 4.78 is 32.8. The van der Waals surface area contributed by atoms with Crippen LogP contribution in [0.25, 0.3) is 11.2 Å².